The zero-order valence-corrected chi connectivity index (χ0v) is 15.9. The Morgan fingerprint density at radius 1 is 1.04 bits per heavy atom. The topological polar surface area (TPSA) is 44.5 Å². The second kappa shape index (κ2) is 7.13. The van der Waals surface area contributed by atoms with Crippen molar-refractivity contribution in [1.29, 1.82) is 0 Å². The minimum atomic E-state index is 0.630. The van der Waals surface area contributed by atoms with Crippen molar-refractivity contribution in [3.8, 4) is 16.9 Å². The molecule has 0 amide bonds. The van der Waals surface area contributed by atoms with Gasteiger partial charge in [0.15, 0.2) is 5.69 Å². The predicted molar refractivity (Wildman–Crippen MR) is 115 cm³/mol. The van der Waals surface area contributed by atoms with Gasteiger partial charge in [-0.15, -0.1) is 0 Å². The van der Waals surface area contributed by atoms with Crippen molar-refractivity contribution in [2.45, 2.75) is 13.5 Å². The van der Waals surface area contributed by atoms with Crippen LogP contribution < -0.4 is 10.5 Å². The fraction of sp³-hybridized carbons (Fsp3) is 0.125. The standard InChI is InChI=1S/C24H21N3O/c1-16-19(8-6-9-22(16)25)21-15-27(14-17-7-4-5-10-24(17)28-3)23-12-11-18(26-2)13-20(21)23/h4-13,15H,14,25H2,1,3H3. The first-order chi connectivity index (χ1) is 13.6. The van der Waals surface area contributed by atoms with Gasteiger partial charge in [0.25, 0.3) is 0 Å². The van der Waals surface area contributed by atoms with Gasteiger partial charge in [-0.05, 0) is 47.7 Å². The molecule has 4 heteroatoms. The maximum absolute atomic E-state index is 7.39. The minimum Gasteiger partial charge on any atom is -0.496 e. The third kappa shape index (κ3) is 2.97. The summed E-state index contributed by atoms with van der Waals surface area (Å²) in [6.45, 7) is 10.1. The number of fused-ring (bicyclic) bond motifs is 1. The van der Waals surface area contributed by atoms with Crippen molar-refractivity contribution in [1.82, 2.24) is 4.57 Å². The molecule has 138 valence electrons. The molecule has 2 N–H and O–H groups in total. The Morgan fingerprint density at radius 3 is 2.64 bits per heavy atom. The van der Waals surface area contributed by atoms with E-state index in [1.54, 1.807) is 7.11 Å². The van der Waals surface area contributed by atoms with E-state index in [1.807, 2.05) is 55.5 Å². The number of para-hydroxylation sites is 1. The van der Waals surface area contributed by atoms with Gasteiger partial charge in [0, 0.05) is 28.5 Å². The molecule has 0 atom stereocenters. The Labute approximate surface area is 164 Å². The molecule has 4 nitrogen and oxygen atoms in total. The number of hydrogen-bond donors (Lipinski definition) is 1. The van der Waals surface area contributed by atoms with Gasteiger partial charge >= 0.3 is 0 Å². The summed E-state index contributed by atoms with van der Waals surface area (Å²) in [5, 5.41) is 1.05. The Kier molecular flexibility index (Phi) is 4.50. The van der Waals surface area contributed by atoms with Gasteiger partial charge in [-0.3, -0.25) is 0 Å². The Balaban J connectivity index is 1.94. The van der Waals surface area contributed by atoms with Crippen molar-refractivity contribution < 1.29 is 4.74 Å². The fourth-order valence-corrected chi connectivity index (χ4v) is 3.66. The van der Waals surface area contributed by atoms with Gasteiger partial charge in [0.05, 0.1) is 20.2 Å². The number of anilines is 1. The van der Waals surface area contributed by atoms with E-state index >= 15 is 0 Å². The van der Waals surface area contributed by atoms with Crippen LogP contribution in [-0.4, -0.2) is 11.7 Å². The minimum absolute atomic E-state index is 0.630. The number of ether oxygens (including phenoxy) is 1. The van der Waals surface area contributed by atoms with Crippen LogP contribution in [0.1, 0.15) is 11.1 Å². The fourth-order valence-electron chi connectivity index (χ4n) is 3.66. The van der Waals surface area contributed by atoms with Gasteiger partial charge in [-0.25, -0.2) is 4.85 Å². The van der Waals surface area contributed by atoms with Crippen LogP contribution in [0.5, 0.6) is 5.75 Å². The van der Waals surface area contributed by atoms with Crippen molar-refractivity contribution in [3.63, 3.8) is 0 Å². The summed E-state index contributed by atoms with van der Waals surface area (Å²) in [5.74, 6) is 0.865. The van der Waals surface area contributed by atoms with Gasteiger partial charge in [0.2, 0.25) is 0 Å². The largest absolute Gasteiger partial charge is 0.496 e. The first-order valence-corrected chi connectivity index (χ1v) is 9.10. The second-order valence-electron chi connectivity index (χ2n) is 6.82. The van der Waals surface area contributed by atoms with Crippen LogP contribution in [-0.2, 0) is 6.54 Å². The van der Waals surface area contributed by atoms with Crippen molar-refractivity contribution in [3.05, 3.63) is 89.4 Å². The highest BCUT2D eigenvalue weighted by molar-refractivity contribution is 5.99. The molecule has 4 rings (SSSR count). The Bertz CT molecular complexity index is 1210. The summed E-state index contributed by atoms with van der Waals surface area (Å²) in [6.07, 6.45) is 2.15. The number of hydrogen-bond acceptors (Lipinski definition) is 2. The highest BCUT2D eigenvalue weighted by Gasteiger charge is 2.15. The molecule has 28 heavy (non-hydrogen) atoms. The van der Waals surface area contributed by atoms with E-state index in [0.29, 0.717) is 12.2 Å². The lowest BCUT2D eigenvalue weighted by molar-refractivity contribution is 0.408. The van der Waals surface area contributed by atoms with Crippen LogP contribution in [0.2, 0.25) is 0 Å². The van der Waals surface area contributed by atoms with Gasteiger partial charge in [-0.1, -0.05) is 36.4 Å². The molecule has 1 aromatic heterocycles. The van der Waals surface area contributed by atoms with E-state index in [9.17, 15) is 0 Å². The molecule has 0 aliphatic heterocycles. The quantitative estimate of drug-likeness (QED) is 0.365. The van der Waals surface area contributed by atoms with Crippen LogP contribution >= 0.6 is 0 Å². The summed E-state index contributed by atoms with van der Waals surface area (Å²) in [7, 11) is 1.69. The Hall–Kier alpha value is -3.71. The molecule has 0 unspecified atom stereocenters. The number of benzene rings is 3. The molecule has 0 aliphatic carbocycles. The lowest BCUT2D eigenvalue weighted by atomic mass is 9.99. The second-order valence-corrected chi connectivity index (χ2v) is 6.82. The number of nitrogens with two attached hydrogens (primary N) is 1. The number of aromatic nitrogens is 1. The smallest absolute Gasteiger partial charge is 0.188 e. The van der Waals surface area contributed by atoms with E-state index < -0.39 is 0 Å². The highest BCUT2D eigenvalue weighted by Crippen LogP contribution is 2.37. The third-order valence-electron chi connectivity index (χ3n) is 5.19. The van der Waals surface area contributed by atoms with Crippen LogP contribution in [0.25, 0.3) is 26.9 Å². The normalized spacial score (nSPS) is 10.8. The van der Waals surface area contributed by atoms with Crippen LogP contribution in [0.4, 0.5) is 11.4 Å². The molecule has 0 fully saturated rings. The lowest BCUT2D eigenvalue weighted by Gasteiger charge is -2.10. The van der Waals surface area contributed by atoms with E-state index in [4.69, 9.17) is 17.0 Å². The maximum atomic E-state index is 7.39. The zero-order chi connectivity index (χ0) is 19.7. The van der Waals surface area contributed by atoms with Crippen molar-refractivity contribution >= 4 is 22.3 Å². The van der Waals surface area contributed by atoms with E-state index in [2.05, 4.69) is 27.7 Å². The monoisotopic (exact) mass is 367 g/mol. The SMILES string of the molecule is [C-]#[N+]c1ccc2c(c1)c(-c1cccc(N)c1C)cn2Cc1ccccc1OC. The zero-order valence-electron chi connectivity index (χ0n) is 15.9. The van der Waals surface area contributed by atoms with E-state index in [0.717, 1.165) is 44.6 Å². The van der Waals surface area contributed by atoms with Gasteiger partial charge in [-0.2, -0.15) is 0 Å². The summed E-state index contributed by atoms with van der Waals surface area (Å²) in [6, 6.07) is 19.8. The molecule has 0 bridgehead atoms. The summed E-state index contributed by atoms with van der Waals surface area (Å²) >= 11 is 0. The van der Waals surface area contributed by atoms with Gasteiger partial charge in [0.1, 0.15) is 5.75 Å². The first kappa shape index (κ1) is 17.7. The first-order valence-electron chi connectivity index (χ1n) is 9.10. The van der Waals surface area contributed by atoms with E-state index in [1.165, 1.54) is 0 Å². The summed E-state index contributed by atoms with van der Waals surface area (Å²) in [5.41, 5.74) is 13.0. The number of nitrogen functional groups attached to an aromatic ring is 1. The molecule has 3 aromatic carbocycles. The average molecular weight is 367 g/mol. The van der Waals surface area contributed by atoms with Crippen LogP contribution in [0.3, 0.4) is 0 Å². The third-order valence-corrected chi connectivity index (χ3v) is 5.19. The van der Waals surface area contributed by atoms with E-state index in [-0.39, 0.29) is 0 Å². The number of nitrogens with zero attached hydrogens (tertiary/aromatic N) is 2. The van der Waals surface area contributed by atoms with Crippen LogP contribution in [0, 0.1) is 13.5 Å². The molecule has 4 aromatic rings. The molecule has 0 saturated heterocycles. The number of rotatable bonds is 4. The van der Waals surface area contributed by atoms with Gasteiger partial charge < -0.3 is 15.0 Å². The van der Waals surface area contributed by atoms with Crippen molar-refractivity contribution in [2.75, 3.05) is 12.8 Å². The summed E-state index contributed by atoms with van der Waals surface area (Å²) in [4.78, 5) is 3.61. The predicted octanol–water partition coefficient (Wildman–Crippen LogP) is 5.81. The summed E-state index contributed by atoms with van der Waals surface area (Å²) < 4.78 is 7.73. The molecular weight excluding hydrogens is 346 g/mol. The van der Waals surface area contributed by atoms with Crippen LogP contribution in [0.15, 0.2) is 66.9 Å². The van der Waals surface area contributed by atoms with Crippen molar-refractivity contribution in [2.24, 2.45) is 0 Å². The maximum Gasteiger partial charge on any atom is 0.188 e. The molecular formula is C24H21N3O. The molecule has 0 spiro atoms. The number of methoxy groups -OCH3 is 1. The molecule has 0 radical (unpaired) electrons. The highest BCUT2D eigenvalue weighted by atomic mass is 16.5. The molecule has 0 saturated carbocycles. The Morgan fingerprint density at radius 2 is 1.86 bits per heavy atom. The lowest BCUT2D eigenvalue weighted by Crippen LogP contribution is -2.00. The average Bonchev–Trinajstić information content (AvgIpc) is 3.08. The molecule has 1 heterocycles. The molecule has 0 aliphatic rings.